The lowest BCUT2D eigenvalue weighted by atomic mass is 9.78. The number of fused-ring (bicyclic) bond motifs is 1. The molecule has 13 nitrogen and oxygen atoms in total. The smallest absolute Gasteiger partial charge is 0.311 e. The number of anilines is 1. The van der Waals surface area contributed by atoms with Crippen molar-refractivity contribution >= 4 is 22.6 Å². The van der Waals surface area contributed by atoms with Gasteiger partial charge in [-0.1, -0.05) is 39.0 Å². The highest BCUT2D eigenvalue weighted by atomic mass is 16.7. The number of benzene rings is 1. The first-order chi connectivity index (χ1) is 25.3. The van der Waals surface area contributed by atoms with Crippen molar-refractivity contribution in [3.63, 3.8) is 0 Å². The maximum absolute atomic E-state index is 13.6. The predicted molar refractivity (Wildman–Crippen MR) is 209 cm³/mol. The minimum Gasteiger partial charge on any atom is -0.459 e. The fourth-order valence-corrected chi connectivity index (χ4v) is 8.65. The lowest BCUT2D eigenvalue weighted by molar-refractivity contribution is -0.299. The second kappa shape index (κ2) is 18.7. The maximum Gasteiger partial charge on any atom is 0.311 e. The van der Waals surface area contributed by atoms with Crippen molar-refractivity contribution in [1.29, 1.82) is 0 Å². The Morgan fingerprint density at radius 1 is 1.04 bits per heavy atom. The van der Waals surface area contributed by atoms with E-state index in [1.807, 2.05) is 70.1 Å². The van der Waals surface area contributed by atoms with E-state index in [2.05, 4.69) is 15.2 Å². The number of esters is 1. The average molecular weight is 761 g/mol. The second-order valence-electron chi connectivity index (χ2n) is 16.8. The fraction of sp³-hybridized carbons (Fsp3) is 0.756. The summed E-state index contributed by atoms with van der Waals surface area (Å²) in [5, 5.41) is 63.6. The van der Waals surface area contributed by atoms with Crippen LogP contribution in [0.1, 0.15) is 81.1 Å². The fourth-order valence-electron chi connectivity index (χ4n) is 8.65. The number of aliphatic hydroxyl groups is 5. The van der Waals surface area contributed by atoms with E-state index in [9.17, 15) is 30.3 Å². The number of aliphatic hydroxyl groups excluding tert-OH is 3. The van der Waals surface area contributed by atoms with Crippen molar-refractivity contribution in [2.45, 2.75) is 147 Å². The predicted octanol–water partition coefficient (Wildman–Crippen LogP) is 3.40. The van der Waals surface area contributed by atoms with E-state index in [4.69, 9.17) is 14.2 Å². The van der Waals surface area contributed by atoms with Crippen molar-refractivity contribution in [3.05, 3.63) is 36.5 Å². The molecule has 0 bridgehead atoms. The molecule has 2 aliphatic heterocycles. The van der Waals surface area contributed by atoms with Crippen molar-refractivity contribution in [2.75, 3.05) is 39.0 Å². The minimum absolute atomic E-state index is 0.166. The zero-order valence-electron chi connectivity index (χ0n) is 34.1. The Hall–Kier alpha value is -2.46. The number of nitrogens with zero attached hydrogens (tertiary/aromatic N) is 3. The molecule has 54 heavy (non-hydrogen) atoms. The molecule has 1 aromatic heterocycles. The standard InChI is InChI=1S/C41H68N4O9/c1-11-33-41(8,51)36(48)28(6)45(20-14-18-42-31-17-19-43-30-16-13-12-15-29(30)31)23-24(2)22-40(7,50)37(26(4)34(46)27(5)38(49)53-33)54-39-35(47)32(44(9)10)21-25(3)52-39/h12-13,15-17,19,24-28,32-37,39,46-48,50-51H,11,14,18,20-23H2,1-10H3,(H,42,43)/t24-,25-,26+,27-,28-,32+,33-,34+,35-,36-,37-,39+,40-,41-/m1/s1. The van der Waals surface area contributed by atoms with E-state index in [0.29, 0.717) is 32.5 Å². The van der Waals surface area contributed by atoms with Gasteiger partial charge in [0.1, 0.15) is 23.9 Å². The molecule has 2 aromatic rings. The normalized spacial score (nSPS) is 39.5. The summed E-state index contributed by atoms with van der Waals surface area (Å²) in [4.78, 5) is 22.1. The van der Waals surface area contributed by atoms with Gasteiger partial charge in [-0.3, -0.25) is 14.7 Å². The zero-order chi connectivity index (χ0) is 40.1. The first-order valence-corrected chi connectivity index (χ1v) is 19.8. The SMILES string of the molecule is CC[C@H]1OC(=O)[C@H](C)[C@@H](O)[C@H](C)[C@@H](O[C@@H]2O[C@H](C)C[C@H](N(C)C)[C@H]2O)[C@](C)(O)C[C@@H](C)CN(CCCNc2ccnc3ccccc23)[C@H](C)[C@@H](O)[C@]1(C)O. The summed E-state index contributed by atoms with van der Waals surface area (Å²) in [5.74, 6) is -2.80. The van der Waals surface area contributed by atoms with Crippen LogP contribution in [0.2, 0.25) is 0 Å². The summed E-state index contributed by atoms with van der Waals surface area (Å²) in [6.07, 6.45) is -3.63. The Bertz CT molecular complexity index is 1490. The number of rotatable bonds is 9. The van der Waals surface area contributed by atoms with Gasteiger partial charge in [0.05, 0.1) is 35.3 Å². The van der Waals surface area contributed by atoms with Gasteiger partial charge < -0.3 is 50.0 Å². The number of aromatic nitrogens is 1. The second-order valence-corrected chi connectivity index (χ2v) is 16.8. The molecule has 6 N–H and O–H groups in total. The number of cyclic esters (lactones) is 1. The molecule has 0 amide bonds. The molecular formula is C41H68N4O9. The summed E-state index contributed by atoms with van der Waals surface area (Å²) in [5.41, 5.74) is -1.51. The van der Waals surface area contributed by atoms with E-state index in [-0.39, 0.29) is 30.9 Å². The molecule has 14 atom stereocenters. The highest BCUT2D eigenvalue weighted by Gasteiger charge is 2.50. The van der Waals surface area contributed by atoms with Gasteiger partial charge in [0.2, 0.25) is 0 Å². The Labute approximate surface area is 322 Å². The van der Waals surface area contributed by atoms with Crippen LogP contribution in [0.3, 0.4) is 0 Å². The molecule has 0 spiro atoms. The molecular weight excluding hydrogens is 692 g/mol. The number of ether oxygens (including phenoxy) is 3. The quantitative estimate of drug-likeness (QED) is 0.162. The lowest BCUT2D eigenvalue weighted by Gasteiger charge is -2.46. The van der Waals surface area contributed by atoms with Crippen LogP contribution in [0, 0.1) is 17.8 Å². The number of carbonyl (C=O) groups excluding carboxylic acids is 1. The first kappa shape index (κ1) is 44.3. The van der Waals surface area contributed by atoms with E-state index < -0.39 is 71.9 Å². The number of hydrogen-bond donors (Lipinski definition) is 6. The minimum atomic E-state index is -1.82. The summed E-state index contributed by atoms with van der Waals surface area (Å²) < 4.78 is 18.5. The molecule has 2 fully saturated rings. The van der Waals surface area contributed by atoms with E-state index in [1.54, 1.807) is 27.0 Å². The molecule has 3 heterocycles. The molecule has 306 valence electrons. The first-order valence-electron chi connectivity index (χ1n) is 19.8. The molecule has 2 aliphatic rings. The summed E-state index contributed by atoms with van der Waals surface area (Å²) in [6.45, 7) is 15.6. The Balaban J connectivity index is 1.65. The molecule has 0 aliphatic carbocycles. The molecule has 0 unspecified atom stereocenters. The van der Waals surface area contributed by atoms with Gasteiger partial charge >= 0.3 is 5.97 Å². The Morgan fingerprint density at radius 3 is 2.39 bits per heavy atom. The van der Waals surface area contributed by atoms with Crippen LogP contribution in [0.4, 0.5) is 5.69 Å². The van der Waals surface area contributed by atoms with Gasteiger partial charge in [0, 0.05) is 54.9 Å². The van der Waals surface area contributed by atoms with Gasteiger partial charge in [-0.15, -0.1) is 0 Å². The highest BCUT2D eigenvalue weighted by molar-refractivity contribution is 5.90. The lowest BCUT2D eigenvalue weighted by Crippen LogP contribution is -2.59. The number of para-hydroxylation sites is 1. The summed E-state index contributed by atoms with van der Waals surface area (Å²) in [6, 6.07) is 9.05. The van der Waals surface area contributed by atoms with Gasteiger partial charge in [0.15, 0.2) is 6.29 Å². The van der Waals surface area contributed by atoms with Crippen molar-refractivity contribution in [2.24, 2.45) is 17.8 Å². The third-order valence-electron chi connectivity index (χ3n) is 11.9. The Kier molecular flexibility index (Phi) is 15.3. The van der Waals surface area contributed by atoms with E-state index in [0.717, 1.165) is 16.6 Å². The van der Waals surface area contributed by atoms with Crippen molar-refractivity contribution < 1.29 is 44.5 Å². The highest BCUT2D eigenvalue weighted by Crippen LogP contribution is 2.37. The molecule has 2 saturated heterocycles. The molecule has 1 aromatic carbocycles. The number of likely N-dealkylation sites (N-methyl/N-ethyl adjacent to an activating group) is 1. The van der Waals surface area contributed by atoms with Gasteiger partial charge in [0.25, 0.3) is 0 Å². The van der Waals surface area contributed by atoms with Crippen LogP contribution in [0.5, 0.6) is 0 Å². The summed E-state index contributed by atoms with van der Waals surface area (Å²) >= 11 is 0. The van der Waals surface area contributed by atoms with Crippen LogP contribution in [0.15, 0.2) is 36.5 Å². The monoisotopic (exact) mass is 760 g/mol. The number of hydrogen-bond acceptors (Lipinski definition) is 13. The van der Waals surface area contributed by atoms with Crippen LogP contribution in [-0.4, -0.2) is 146 Å². The third kappa shape index (κ3) is 10.3. The Morgan fingerprint density at radius 2 is 1.72 bits per heavy atom. The number of nitrogens with one attached hydrogen (secondary N) is 1. The van der Waals surface area contributed by atoms with E-state index >= 15 is 0 Å². The van der Waals surface area contributed by atoms with Crippen LogP contribution in [0.25, 0.3) is 10.9 Å². The molecule has 0 saturated carbocycles. The number of carbonyl (C=O) groups is 1. The van der Waals surface area contributed by atoms with E-state index in [1.165, 1.54) is 13.8 Å². The topological polar surface area (TPSA) is 177 Å². The zero-order valence-corrected chi connectivity index (χ0v) is 34.1. The van der Waals surface area contributed by atoms with Crippen molar-refractivity contribution in [1.82, 2.24) is 14.8 Å². The van der Waals surface area contributed by atoms with Crippen LogP contribution < -0.4 is 5.32 Å². The summed E-state index contributed by atoms with van der Waals surface area (Å²) in [7, 11) is 3.76. The molecule has 4 rings (SSSR count). The van der Waals surface area contributed by atoms with Crippen LogP contribution >= 0.6 is 0 Å². The van der Waals surface area contributed by atoms with Crippen LogP contribution in [-0.2, 0) is 19.0 Å². The largest absolute Gasteiger partial charge is 0.459 e. The van der Waals surface area contributed by atoms with Gasteiger partial charge in [-0.2, -0.15) is 0 Å². The van der Waals surface area contributed by atoms with Gasteiger partial charge in [-0.25, -0.2) is 0 Å². The molecule has 13 heteroatoms. The third-order valence-corrected chi connectivity index (χ3v) is 11.9. The number of pyridine rings is 1. The van der Waals surface area contributed by atoms with Gasteiger partial charge in [-0.05, 0) is 92.4 Å². The molecule has 0 radical (unpaired) electrons. The van der Waals surface area contributed by atoms with Crippen molar-refractivity contribution in [3.8, 4) is 0 Å². The average Bonchev–Trinajstić information content (AvgIpc) is 3.12. The maximum atomic E-state index is 13.6.